The van der Waals surface area contributed by atoms with Crippen molar-refractivity contribution in [2.75, 3.05) is 12.4 Å². The van der Waals surface area contributed by atoms with E-state index >= 15 is 0 Å². The smallest absolute Gasteiger partial charge is 0.0535 e. The molecule has 6 heteroatoms. The highest BCUT2D eigenvalue weighted by Crippen LogP contribution is 1.96. The summed E-state index contributed by atoms with van der Waals surface area (Å²) in [6.45, 7) is 25.7. The Morgan fingerprint density at radius 3 is 0.556 bits per heavy atom. The Bertz CT molecular complexity index is 232. The quantitative estimate of drug-likeness (QED) is 0.149. The maximum absolute atomic E-state index is 8.67. The van der Waals surface area contributed by atoms with E-state index in [1.807, 2.05) is 55.4 Å². The van der Waals surface area contributed by atoms with Crippen molar-refractivity contribution < 1.29 is 25.5 Å². The van der Waals surface area contributed by atoms with Crippen LogP contribution in [-0.4, -0.2) is 62.3 Å². The first kappa shape index (κ1) is 129. The molecule has 5 N–H and O–H groups in total. The maximum atomic E-state index is 8.67. The summed E-state index contributed by atoms with van der Waals surface area (Å²) in [6, 6.07) is 0. The summed E-state index contributed by atoms with van der Waals surface area (Å²) in [5.41, 5.74) is 0. The summed E-state index contributed by atoms with van der Waals surface area (Å²) in [4.78, 5) is 0. The highest BCUT2D eigenvalue weighted by atomic mass is 32.1. The highest BCUT2D eigenvalue weighted by molar-refractivity contribution is 7.80. The molecule has 5 nitrogen and oxygen atoms in total. The summed E-state index contributed by atoms with van der Waals surface area (Å²) in [7, 11) is 0. The van der Waals surface area contributed by atoms with Gasteiger partial charge in [0, 0.05) is 6.61 Å². The first-order chi connectivity index (χ1) is 14.5. The molecule has 0 aliphatic heterocycles. The number of hydrogen-bond acceptors (Lipinski definition) is 6. The molecule has 0 aliphatic rings. The monoisotopic (exact) mass is 697 g/mol. The zero-order valence-corrected chi connectivity index (χ0v) is 24.9. The van der Waals surface area contributed by atoms with E-state index in [1.54, 1.807) is 20.8 Å². The van der Waals surface area contributed by atoms with Crippen molar-refractivity contribution in [3.8, 4) is 0 Å². The molecule has 0 aromatic heterocycles. The van der Waals surface area contributed by atoms with Crippen LogP contribution in [0.3, 0.4) is 0 Å². The third-order valence-electron chi connectivity index (χ3n) is 3.82. The van der Waals surface area contributed by atoms with Crippen LogP contribution in [0.2, 0.25) is 0 Å². The van der Waals surface area contributed by atoms with Crippen molar-refractivity contribution in [2.24, 2.45) is 17.8 Å². The second-order valence-electron chi connectivity index (χ2n) is 9.12. The molecule has 0 heterocycles. The van der Waals surface area contributed by atoms with E-state index in [0.29, 0.717) is 18.4 Å². The van der Waals surface area contributed by atoms with Crippen molar-refractivity contribution in [3.63, 3.8) is 0 Å². The van der Waals surface area contributed by atoms with E-state index in [1.165, 1.54) is 0 Å². The Balaban J connectivity index is -0.0000000100. The number of hydrogen-bond donors (Lipinski definition) is 6. The largest absolute Gasteiger partial charge is 0.396 e. The Labute approximate surface area is 304 Å². The fourth-order valence-electron chi connectivity index (χ4n) is 0.289. The molecule has 0 aromatic carbocycles. The van der Waals surface area contributed by atoms with E-state index < -0.39 is 0 Å². The van der Waals surface area contributed by atoms with Crippen molar-refractivity contribution in [2.45, 2.75) is 237 Å². The Morgan fingerprint density at radius 2 is 0.556 bits per heavy atom. The van der Waals surface area contributed by atoms with Crippen molar-refractivity contribution in [1.29, 1.82) is 0 Å². The Morgan fingerprint density at radius 1 is 0.422 bits per heavy atom. The normalized spacial score (nSPS) is 8.87. The molecule has 0 radical (unpaired) electrons. The lowest BCUT2D eigenvalue weighted by molar-refractivity contribution is 0.144. The van der Waals surface area contributed by atoms with Gasteiger partial charge in [-0.25, -0.2) is 0 Å². The van der Waals surface area contributed by atoms with Gasteiger partial charge in [0.05, 0.1) is 24.4 Å². The zero-order valence-electron chi connectivity index (χ0n) is 24.0. The van der Waals surface area contributed by atoms with Crippen LogP contribution in [0.1, 0.15) is 212 Å². The standard InChI is InChI=1S/2C5H12O.3C4H10O.C4H10S.13CH4/c1-4(2)5(3)6;1-3-5(6)4-2;1-4(2)3-5;2*1-3-4(2)5;1-4(2)3-5;;;;;;;;;;;;;/h4-6H,1-3H3;5-6H,3-4H2,1-2H3;4*4-5H,3H2,1-2H3;13*1H4. The third kappa shape index (κ3) is 301. The van der Waals surface area contributed by atoms with Gasteiger partial charge in [0.25, 0.3) is 0 Å². The van der Waals surface area contributed by atoms with Gasteiger partial charge in [-0.15, -0.1) is 0 Å². The molecular weight excluding hydrogens is 580 g/mol. The zero-order chi connectivity index (χ0) is 27.3. The summed E-state index contributed by atoms with van der Waals surface area (Å²) < 4.78 is 0. The van der Waals surface area contributed by atoms with Crippen LogP contribution in [0.25, 0.3) is 0 Å². The fourth-order valence-corrected chi connectivity index (χ4v) is 0.289. The van der Waals surface area contributed by atoms with Gasteiger partial charge in [-0.1, -0.05) is 166 Å². The Kier molecular flexibility index (Phi) is 319. The molecule has 45 heavy (non-hydrogen) atoms. The number of thiol groups is 1. The lowest BCUT2D eigenvalue weighted by atomic mass is 10.1. The van der Waals surface area contributed by atoms with Crippen LogP contribution in [0, 0.1) is 17.8 Å². The number of rotatable bonds is 7. The van der Waals surface area contributed by atoms with E-state index in [2.05, 4.69) is 26.5 Å². The molecule has 0 amide bonds. The first-order valence-electron chi connectivity index (χ1n) is 12.5. The minimum Gasteiger partial charge on any atom is -0.396 e. The van der Waals surface area contributed by atoms with Gasteiger partial charge in [-0.2, -0.15) is 12.6 Å². The van der Waals surface area contributed by atoms with Gasteiger partial charge >= 0.3 is 0 Å². The predicted octanol–water partition coefficient (Wildman–Crippen LogP) is 14.2. The molecule has 3 atom stereocenters. The molecule has 0 saturated carbocycles. The van der Waals surface area contributed by atoms with Gasteiger partial charge in [0.2, 0.25) is 0 Å². The van der Waals surface area contributed by atoms with Crippen LogP contribution in [0.5, 0.6) is 0 Å². The van der Waals surface area contributed by atoms with Crippen molar-refractivity contribution in [1.82, 2.24) is 0 Å². The van der Waals surface area contributed by atoms with Gasteiger partial charge in [-0.05, 0) is 70.0 Å². The van der Waals surface area contributed by atoms with E-state index in [0.717, 1.165) is 37.4 Å². The first-order valence-corrected chi connectivity index (χ1v) is 13.1. The van der Waals surface area contributed by atoms with Crippen molar-refractivity contribution >= 4 is 12.6 Å². The average molecular weight is 697 g/mol. The SMILES string of the molecule is C.C.C.C.C.C.C.C.C.C.C.C.C.CC(C)C(C)O.CC(C)CO.CC(C)CS.CCC(C)O.CCC(C)O.CCC(O)CC. The third-order valence-corrected chi connectivity index (χ3v) is 4.55. The van der Waals surface area contributed by atoms with Gasteiger partial charge in [-0.3, -0.25) is 0 Å². The van der Waals surface area contributed by atoms with Gasteiger partial charge in [0.15, 0.2) is 0 Å². The lowest BCUT2D eigenvalue weighted by Crippen LogP contribution is -2.07. The van der Waals surface area contributed by atoms with Crippen LogP contribution in [0.4, 0.5) is 0 Å². The second kappa shape index (κ2) is 112. The van der Waals surface area contributed by atoms with Crippen LogP contribution in [-0.2, 0) is 0 Å². The second-order valence-corrected chi connectivity index (χ2v) is 9.49. The minimum atomic E-state index is -0.148. The molecule has 0 spiro atoms. The summed E-state index contributed by atoms with van der Waals surface area (Å²) >= 11 is 4.02. The van der Waals surface area contributed by atoms with Gasteiger partial charge in [0.1, 0.15) is 0 Å². The summed E-state index contributed by atoms with van der Waals surface area (Å²) in [5.74, 6) is 2.60. The molecule has 0 fully saturated rings. The molecule has 0 rings (SSSR count). The van der Waals surface area contributed by atoms with Crippen LogP contribution < -0.4 is 0 Å². The molecular formula is C39H116O5S. The number of aliphatic hydroxyl groups is 5. The number of aliphatic hydroxyl groups excluding tert-OH is 5. The van der Waals surface area contributed by atoms with Crippen LogP contribution >= 0.6 is 12.6 Å². The topological polar surface area (TPSA) is 101 Å². The Hall–Kier alpha value is 0.150. The predicted molar refractivity (Wildman–Crippen MR) is 235 cm³/mol. The molecule has 308 valence electrons. The molecule has 3 unspecified atom stereocenters. The fraction of sp³-hybridized carbons (Fsp3) is 1.00. The molecule has 0 saturated heterocycles. The van der Waals surface area contributed by atoms with E-state index in [-0.39, 0.29) is 121 Å². The lowest BCUT2D eigenvalue weighted by Gasteiger charge is -2.04. The summed E-state index contributed by atoms with van der Waals surface area (Å²) in [6.07, 6.45) is 3.05. The van der Waals surface area contributed by atoms with E-state index in [9.17, 15) is 0 Å². The molecule has 0 bridgehead atoms. The maximum Gasteiger partial charge on any atom is 0.0535 e. The van der Waals surface area contributed by atoms with Gasteiger partial charge < -0.3 is 25.5 Å². The minimum absolute atomic E-state index is 0. The molecule has 0 aliphatic carbocycles. The molecule has 0 aromatic rings. The highest BCUT2D eigenvalue weighted by Gasteiger charge is 1.97. The average Bonchev–Trinajstić information content (AvgIpc) is 2.74. The van der Waals surface area contributed by atoms with E-state index in [4.69, 9.17) is 25.5 Å². The van der Waals surface area contributed by atoms with Crippen LogP contribution in [0.15, 0.2) is 0 Å². The summed E-state index contributed by atoms with van der Waals surface area (Å²) in [5, 5.41) is 42.2. The van der Waals surface area contributed by atoms with Crippen molar-refractivity contribution in [3.05, 3.63) is 0 Å².